The minimum atomic E-state index is -1.20. The molecule has 2 rings (SSSR count). The van der Waals surface area contributed by atoms with Gasteiger partial charge in [-0.25, -0.2) is 9.86 Å². The van der Waals surface area contributed by atoms with Crippen molar-refractivity contribution in [3.63, 3.8) is 0 Å². The number of rotatable bonds is 1. The molecule has 4 heteroatoms. The molecule has 1 N–H and O–H groups in total. The molecule has 1 aliphatic carbocycles. The van der Waals surface area contributed by atoms with Gasteiger partial charge in [0.15, 0.2) is 0 Å². The molecule has 0 amide bonds. The van der Waals surface area contributed by atoms with E-state index in [-0.39, 0.29) is 0 Å². The molecule has 0 spiro atoms. The van der Waals surface area contributed by atoms with E-state index in [2.05, 4.69) is 0 Å². The van der Waals surface area contributed by atoms with Gasteiger partial charge in [0.1, 0.15) is 0 Å². The molecule has 0 radical (unpaired) electrons. The summed E-state index contributed by atoms with van der Waals surface area (Å²) in [7, 11) is 0. The van der Waals surface area contributed by atoms with E-state index in [1.165, 1.54) is 12.0 Å². The van der Waals surface area contributed by atoms with Crippen molar-refractivity contribution in [2.24, 2.45) is 0 Å². The van der Waals surface area contributed by atoms with Gasteiger partial charge in [-0.15, -0.1) is 0 Å². The first kappa shape index (κ1) is 9.37. The number of hydroxylamine groups is 2. The van der Waals surface area contributed by atoms with Crippen molar-refractivity contribution in [2.75, 3.05) is 6.54 Å². The third-order valence-corrected chi connectivity index (χ3v) is 2.88. The van der Waals surface area contributed by atoms with Crippen molar-refractivity contribution >= 4 is 6.16 Å². The van der Waals surface area contributed by atoms with Crippen LogP contribution in [0.2, 0.25) is 0 Å². The molecule has 1 aliphatic heterocycles. The van der Waals surface area contributed by atoms with Gasteiger partial charge in [0, 0.05) is 0 Å². The van der Waals surface area contributed by atoms with E-state index < -0.39 is 6.16 Å². The first-order valence-electron chi connectivity index (χ1n) is 5.16. The Bertz CT molecular complexity index is 269. The fraction of sp³-hybridized carbons (Fsp3) is 0.700. The Morgan fingerprint density at radius 2 is 1.93 bits per heavy atom. The van der Waals surface area contributed by atoms with Gasteiger partial charge >= 0.3 is 6.16 Å². The minimum absolute atomic E-state index is 0.713. The molecule has 0 atom stereocenters. The van der Waals surface area contributed by atoms with Crippen LogP contribution in [-0.2, 0) is 4.84 Å². The lowest BCUT2D eigenvalue weighted by molar-refractivity contribution is -0.101. The maximum absolute atomic E-state index is 10.5. The zero-order valence-corrected chi connectivity index (χ0v) is 8.16. The molecule has 0 saturated heterocycles. The van der Waals surface area contributed by atoms with Crippen LogP contribution in [0.4, 0.5) is 4.79 Å². The first-order chi connectivity index (χ1) is 6.77. The normalized spacial score (nSPS) is 21.9. The summed E-state index contributed by atoms with van der Waals surface area (Å²) in [6.07, 6.45) is 5.40. The summed E-state index contributed by atoms with van der Waals surface area (Å²) in [5.74, 6) is 0. The van der Waals surface area contributed by atoms with Crippen LogP contribution in [-0.4, -0.2) is 22.9 Å². The maximum atomic E-state index is 10.5. The van der Waals surface area contributed by atoms with Gasteiger partial charge in [-0.3, -0.25) is 0 Å². The number of carboxylic acid groups (broad SMARTS) is 1. The summed E-state index contributed by atoms with van der Waals surface area (Å²) >= 11 is 0. The van der Waals surface area contributed by atoms with E-state index in [4.69, 9.17) is 9.94 Å². The third-order valence-electron chi connectivity index (χ3n) is 2.88. The summed E-state index contributed by atoms with van der Waals surface area (Å²) in [4.78, 5) is 15.2. The molecule has 0 bridgehead atoms. The molecule has 4 nitrogen and oxygen atoms in total. The lowest BCUT2D eigenvalue weighted by Crippen LogP contribution is -2.32. The summed E-state index contributed by atoms with van der Waals surface area (Å²) in [5.41, 5.74) is 2.54. The average molecular weight is 197 g/mol. The lowest BCUT2D eigenvalue weighted by Gasteiger charge is -2.33. The van der Waals surface area contributed by atoms with Gasteiger partial charge in [-0.05, 0) is 44.1 Å². The molecule has 0 unspecified atom stereocenters. The number of allylic oxidation sites excluding steroid dienone is 2. The van der Waals surface area contributed by atoms with Crippen molar-refractivity contribution in [1.29, 1.82) is 0 Å². The second-order valence-corrected chi connectivity index (χ2v) is 3.82. The van der Waals surface area contributed by atoms with Crippen LogP contribution in [0.5, 0.6) is 0 Å². The van der Waals surface area contributed by atoms with Gasteiger partial charge in [0.05, 0.1) is 12.2 Å². The predicted molar refractivity (Wildman–Crippen MR) is 50.5 cm³/mol. The molecule has 0 aromatic carbocycles. The van der Waals surface area contributed by atoms with Crippen LogP contribution >= 0.6 is 0 Å². The van der Waals surface area contributed by atoms with E-state index in [1.54, 1.807) is 5.06 Å². The largest absolute Gasteiger partial charge is 0.530 e. The molecule has 0 saturated carbocycles. The van der Waals surface area contributed by atoms with Gasteiger partial charge in [0.2, 0.25) is 0 Å². The molecule has 0 aromatic rings. The van der Waals surface area contributed by atoms with Crippen LogP contribution in [0.1, 0.15) is 38.5 Å². The molecular formula is C10H15NO3. The van der Waals surface area contributed by atoms with E-state index in [0.717, 1.165) is 37.8 Å². The van der Waals surface area contributed by atoms with Crippen LogP contribution in [0.15, 0.2) is 11.3 Å². The van der Waals surface area contributed by atoms with Crippen molar-refractivity contribution in [3.05, 3.63) is 11.3 Å². The highest BCUT2D eigenvalue weighted by Crippen LogP contribution is 2.33. The second kappa shape index (κ2) is 3.90. The van der Waals surface area contributed by atoms with Gasteiger partial charge in [-0.2, -0.15) is 0 Å². The van der Waals surface area contributed by atoms with Gasteiger partial charge in [-0.1, -0.05) is 0 Å². The Labute approximate surface area is 83.1 Å². The van der Waals surface area contributed by atoms with Crippen LogP contribution in [0.25, 0.3) is 0 Å². The monoisotopic (exact) mass is 197 g/mol. The van der Waals surface area contributed by atoms with Crippen molar-refractivity contribution in [3.8, 4) is 0 Å². The molecule has 0 aromatic heterocycles. The first-order valence-corrected chi connectivity index (χ1v) is 5.16. The molecule has 14 heavy (non-hydrogen) atoms. The van der Waals surface area contributed by atoms with E-state index in [1.807, 2.05) is 0 Å². The second-order valence-electron chi connectivity index (χ2n) is 3.82. The Kier molecular flexibility index (Phi) is 2.61. The summed E-state index contributed by atoms with van der Waals surface area (Å²) in [6, 6.07) is 0. The average Bonchev–Trinajstić information content (AvgIpc) is 2.18. The number of hydrogen-bond donors (Lipinski definition) is 1. The predicted octanol–water partition coefficient (Wildman–Crippen LogP) is 2.52. The van der Waals surface area contributed by atoms with E-state index >= 15 is 0 Å². The Hall–Kier alpha value is -1.19. The number of carbonyl (C=O) groups is 1. The smallest absolute Gasteiger partial charge is 0.448 e. The highest BCUT2D eigenvalue weighted by molar-refractivity contribution is 5.56. The fourth-order valence-corrected chi connectivity index (χ4v) is 2.29. The standard InChI is InChI=1S/C10H15NO3/c12-10(13)14-11-7-3-5-8-4-1-2-6-9(8)11/h1-7H2,(H,12,13). The van der Waals surface area contributed by atoms with Crippen molar-refractivity contribution < 1.29 is 14.7 Å². The minimum Gasteiger partial charge on any atom is -0.448 e. The molecular weight excluding hydrogens is 182 g/mol. The number of hydrogen-bond acceptors (Lipinski definition) is 3. The van der Waals surface area contributed by atoms with Crippen LogP contribution in [0, 0.1) is 0 Å². The molecule has 1 heterocycles. The van der Waals surface area contributed by atoms with Gasteiger partial charge in [0.25, 0.3) is 0 Å². The Morgan fingerprint density at radius 3 is 2.71 bits per heavy atom. The van der Waals surface area contributed by atoms with Gasteiger partial charge < -0.3 is 9.94 Å². The van der Waals surface area contributed by atoms with Crippen LogP contribution in [0.3, 0.4) is 0 Å². The summed E-state index contributed by atoms with van der Waals surface area (Å²) in [5, 5.41) is 10.1. The zero-order valence-electron chi connectivity index (χ0n) is 8.16. The lowest BCUT2D eigenvalue weighted by atomic mass is 9.90. The maximum Gasteiger partial charge on any atom is 0.530 e. The SMILES string of the molecule is O=C(O)ON1CCCC2=C1CCCC2. The van der Waals surface area contributed by atoms with Crippen LogP contribution < -0.4 is 0 Å². The molecule has 2 aliphatic rings. The van der Waals surface area contributed by atoms with Crippen molar-refractivity contribution in [2.45, 2.75) is 38.5 Å². The Morgan fingerprint density at radius 1 is 1.21 bits per heavy atom. The topological polar surface area (TPSA) is 49.8 Å². The summed E-state index contributed by atoms with van der Waals surface area (Å²) in [6.45, 7) is 0.713. The van der Waals surface area contributed by atoms with E-state index in [0.29, 0.717) is 6.54 Å². The summed E-state index contributed by atoms with van der Waals surface area (Å²) < 4.78 is 0. The molecule has 0 fully saturated rings. The quantitative estimate of drug-likeness (QED) is 0.701. The fourth-order valence-electron chi connectivity index (χ4n) is 2.29. The molecule has 78 valence electrons. The zero-order chi connectivity index (χ0) is 9.97. The van der Waals surface area contributed by atoms with Crippen molar-refractivity contribution in [1.82, 2.24) is 5.06 Å². The Balaban J connectivity index is 2.12. The van der Waals surface area contributed by atoms with E-state index in [9.17, 15) is 4.79 Å². The highest BCUT2D eigenvalue weighted by Gasteiger charge is 2.24. The third kappa shape index (κ3) is 1.84. The number of nitrogens with zero attached hydrogens (tertiary/aromatic N) is 1. The highest BCUT2D eigenvalue weighted by atomic mass is 16.8.